The maximum absolute atomic E-state index is 12.3. The first-order valence-electron chi connectivity index (χ1n) is 9.74. The number of hydrogen-bond donors (Lipinski definition) is 4. The van der Waals surface area contributed by atoms with Gasteiger partial charge in [-0.15, -0.1) is 0 Å². The summed E-state index contributed by atoms with van der Waals surface area (Å²) in [6.07, 6.45) is 0.392. The third-order valence-corrected chi connectivity index (χ3v) is 4.29. The predicted molar refractivity (Wildman–Crippen MR) is 118 cm³/mol. The largest absolute Gasteiger partial charge is 0.383 e. The average molecular weight is 412 g/mol. The molecule has 0 aliphatic heterocycles. The lowest BCUT2D eigenvalue weighted by Gasteiger charge is -2.12. The molecule has 2 aromatic carbocycles. The van der Waals surface area contributed by atoms with Crippen molar-refractivity contribution in [2.75, 3.05) is 42.8 Å². The molecular formula is C22H28N4O4. The number of rotatable bonds is 10. The number of benzene rings is 2. The molecule has 0 aliphatic rings. The van der Waals surface area contributed by atoms with E-state index in [-0.39, 0.29) is 24.3 Å². The molecule has 0 fully saturated rings. The summed E-state index contributed by atoms with van der Waals surface area (Å²) in [4.78, 5) is 36.0. The highest BCUT2D eigenvalue weighted by molar-refractivity contribution is 5.98. The molecule has 0 atom stereocenters. The quantitative estimate of drug-likeness (QED) is 0.449. The molecule has 0 bridgehead atoms. The summed E-state index contributed by atoms with van der Waals surface area (Å²) in [6.45, 7) is 4.56. The minimum atomic E-state index is -0.258. The van der Waals surface area contributed by atoms with E-state index in [2.05, 4.69) is 21.3 Å². The molecule has 2 aromatic rings. The van der Waals surface area contributed by atoms with Gasteiger partial charge in [0.2, 0.25) is 11.8 Å². The molecule has 4 N–H and O–H groups in total. The Labute approximate surface area is 176 Å². The van der Waals surface area contributed by atoms with E-state index in [1.54, 1.807) is 44.4 Å². The lowest BCUT2D eigenvalue weighted by atomic mass is 10.1. The zero-order chi connectivity index (χ0) is 21.9. The van der Waals surface area contributed by atoms with Gasteiger partial charge in [-0.1, -0.05) is 19.1 Å². The first kappa shape index (κ1) is 22.9. The number of hydrogen-bond acceptors (Lipinski definition) is 5. The van der Waals surface area contributed by atoms with Gasteiger partial charge in [0.1, 0.15) is 0 Å². The van der Waals surface area contributed by atoms with Crippen LogP contribution in [0.5, 0.6) is 0 Å². The Bertz CT molecular complexity index is 898. The molecule has 8 heteroatoms. The summed E-state index contributed by atoms with van der Waals surface area (Å²) in [5.74, 6) is -0.562. The highest BCUT2D eigenvalue weighted by Gasteiger charge is 2.09. The van der Waals surface area contributed by atoms with Crippen LogP contribution >= 0.6 is 0 Å². The van der Waals surface area contributed by atoms with Gasteiger partial charge in [0.25, 0.3) is 5.91 Å². The van der Waals surface area contributed by atoms with E-state index in [9.17, 15) is 14.4 Å². The van der Waals surface area contributed by atoms with Gasteiger partial charge in [0.15, 0.2) is 0 Å². The van der Waals surface area contributed by atoms with Crippen LogP contribution in [0, 0.1) is 6.92 Å². The van der Waals surface area contributed by atoms with Crippen molar-refractivity contribution in [2.45, 2.75) is 20.3 Å². The number of amides is 3. The van der Waals surface area contributed by atoms with Crippen LogP contribution in [0.15, 0.2) is 42.5 Å². The van der Waals surface area contributed by atoms with Crippen LogP contribution in [0.2, 0.25) is 0 Å². The van der Waals surface area contributed by atoms with Crippen LogP contribution < -0.4 is 21.3 Å². The summed E-state index contributed by atoms with van der Waals surface area (Å²) in [7, 11) is 1.56. The van der Waals surface area contributed by atoms with Gasteiger partial charge in [-0.05, 0) is 42.8 Å². The summed E-state index contributed by atoms with van der Waals surface area (Å²) >= 11 is 0. The van der Waals surface area contributed by atoms with Gasteiger partial charge in [-0.2, -0.15) is 0 Å². The number of ether oxygens (including phenoxy) is 1. The topological polar surface area (TPSA) is 109 Å². The van der Waals surface area contributed by atoms with E-state index >= 15 is 0 Å². The zero-order valence-electron chi connectivity index (χ0n) is 17.5. The lowest BCUT2D eigenvalue weighted by molar-refractivity contribution is -0.116. The van der Waals surface area contributed by atoms with Crippen molar-refractivity contribution in [1.82, 2.24) is 5.32 Å². The zero-order valence-corrected chi connectivity index (χ0v) is 17.5. The monoisotopic (exact) mass is 412 g/mol. The van der Waals surface area contributed by atoms with Crippen molar-refractivity contribution in [3.05, 3.63) is 53.6 Å². The fourth-order valence-electron chi connectivity index (χ4n) is 2.60. The maximum atomic E-state index is 12.3. The predicted octanol–water partition coefficient (Wildman–Crippen LogP) is 2.77. The van der Waals surface area contributed by atoms with E-state index in [0.29, 0.717) is 42.2 Å². The molecule has 0 aliphatic carbocycles. The molecule has 0 radical (unpaired) electrons. The number of nitrogens with one attached hydrogen (secondary N) is 4. The molecular weight excluding hydrogens is 384 g/mol. The van der Waals surface area contributed by atoms with Gasteiger partial charge in [-0.25, -0.2) is 0 Å². The Morgan fingerprint density at radius 1 is 0.967 bits per heavy atom. The van der Waals surface area contributed by atoms with Crippen LogP contribution in [-0.2, 0) is 14.3 Å². The van der Waals surface area contributed by atoms with Crippen molar-refractivity contribution in [3.63, 3.8) is 0 Å². The molecule has 8 nitrogen and oxygen atoms in total. The van der Waals surface area contributed by atoms with Crippen molar-refractivity contribution >= 4 is 34.8 Å². The highest BCUT2D eigenvalue weighted by atomic mass is 16.5. The van der Waals surface area contributed by atoms with Crippen LogP contribution in [0.4, 0.5) is 17.1 Å². The van der Waals surface area contributed by atoms with Crippen molar-refractivity contribution in [2.24, 2.45) is 0 Å². The van der Waals surface area contributed by atoms with Crippen LogP contribution in [0.3, 0.4) is 0 Å². The van der Waals surface area contributed by atoms with Gasteiger partial charge >= 0.3 is 0 Å². The fraction of sp³-hybridized carbons (Fsp3) is 0.318. The standard InChI is InChI=1S/C22H28N4O4/c1-4-20(27)26-19-13-17(9-8-15(19)2)24-14-21(28)25-18-7-5-6-16(12-18)22(29)23-10-11-30-3/h5-9,12-13,24H,4,10-11,14H2,1-3H3,(H,23,29)(H,25,28)(H,26,27). The van der Waals surface area contributed by atoms with Gasteiger partial charge in [-0.3, -0.25) is 14.4 Å². The maximum Gasteiger partial charge on any atom is 0.251 e. The van der Waals surface area contributed by atoms with Gasteiger partial charge in [0.05, 0.1) is 13.2 Å². The normalized spacial score (nSPS) is 10.2. The number of methoxy groups -OCH3 is 1. The number of carbonyl (C=O) groups is 3. The molecule has 0 aromatic heterocycles. The Morgan fingerprint density at radius 2 is 1.77 bits per heavy atom. The smallest absolute Gasteiger partial charge is 0.251 e. The summed E-state index contributed by atoms with van der Waals surface area (Å²) in [5, 5.41) is 11.4. The molecule has 0 heterocycles. The lowest BCUT2D eigenvalue weighted by Crippen LogP contribution is -2.27. The van der Waals surface area contributed by atoms with E-state index in [1.165, 1.54) is 0 Å². The molecule has 0 saturated carbocycles. The molecule has 3 amide bonds. The molecule has 0 spiro atoms. The molecule has 30 heavy (non-hydrogen) atoms. The summed E-state index contributed by atoms with van der Waals surface area (Å²) in [6, 6.07) is 12.2. The molecule has 0 saturated heterocycles. The minimum absolute atomic E-state index is 0.0362. The summed E-state index contributed by atoms with van der Waals surface area (Å²) in [5.41, 5.74) is 3.34. The van der Waals surface area contributed by atoms with Crippen LogP contribution in [0.25, 0.3) is 0 Å². The van der Waals surface area contributed by atoms with Crippen molar-refractivity contribution < 1.29 is 19.1 Å². The Hall–Kier alpha value is -3.39. The third kappa shape index (κ3) is 7.21. The second-order valence-corrected chi connectivity index (χ2v) is 6.66. The van der Waals surface area contributed by atoms with Crippen LogP contribution in [-0.4, -0.2) is 44.5 Å². The SMILES string of the molecule is CCC(=O)Nc1cc(NCC(=O)Nc2cccc(C(=O)NCCOC)c2)ccc1C. The second-order valence-electron chi connectivity index (χ2n) is 6.66. The molecule has 0 unspecified atom stereocenters. The number of aryl methyl sites for hydroxylation is 1. The Kier molecular flexibility index (Phi) is 8.83. The van der Waals surface area contributed by atoms with Crippen molar-refractivity contribution in [3.8, 4) is 0 Å². The minimum Gasteiger partial charge on any atom is -0.383 e. The Balaban J connectivity index is 1.92. The second kappa shape index (κ2) is 11.6. The van der Waals surface area contributed by atoms with Crippen LogP contribution in [0.1, 0.15) is 29.3 Å². The third-order valence-electron chi connectivity index (χ3n) is 4.29. The van der Waals surface area contributed by atoms with Gasteiger partial charge < -0.3 is 26.0 Å². The van der Waals surface area contributed by atoms with E-state index in [1.807, 2.05) is 19.1 Å². The fourth-order valence-corrected chi connectivity index (χ4v) is 2.60. The van der Waals surface area contributed by atoms with E-state index < -0.39 is 0 Å². The molecule has 2 rings (SSSR count). The first-order valence-corrected chi connectivity index (χ1v) is 9.74. The highest BCUT2D eigenvalue weighted by Crippen LogP contribution is 2.20. The average Bonchev–Trinajstić information content (AvgIpc) is 2.74. The number of carbonyl (C=O) groups excluding carboxylic acids is 3. The van der Waals surface area contributed by atoms with E-state index in [0.717, 1.165) is 5.56 Å². The Morgan fingerprint density at radius 3 is 2.50 bits per heavy atom. The summed E-state index contributed by atoms with van der Waals surface area (Å²) < 4.78 is 4.91. The van der Waals surface area contributed by atoms with Crippen molar-refractivity contribution in [1.29, 1.82) is 0 Å². The molecule has 160 valence electrons. The van der Waals surface area contributed by atoms with Gasteiger partial charge in [0, 0.05) is 42.7 Å². The van der Waals surface area contributed by atoms with E-state index in [4.69, 9.17) is 4.74 Å². The first-order chi connectivity index (χ1) is 14.4. The number of anilines is 3.